The molecule has 4 nitrogen and oxygen atoms in total. The molecule has 2 aromatic carbocycles. The molecule has 1 fully saturated rings. The third-order valence-corrected chi connectivity index (χ3v) is 5.43. The standard InChI is InChI=1S/C23H29NO3/c1-16-10-11-20(13-17(16)2)22-9-6-12-24(22)23(25)18(3)27-15-19-7-5-8-21(14-19)26-4/h5,7-8,10-11,13-14,18,22H,6,9,12,15H2,1-4H3. The molecule has 4 heteroatoms. The van der Waals surface area contributed by atoms with Crippen molar-refractivity contribution in [1.29, 1.82) is 0 Å². The zero-order chi connectivity index (χ0) is 19.4. The van der Waals surface area contributed by atoms with Gasteiger partial charge in [-0.15, -0.1) is 0 Å². The monoisotopic (exact) mass is 367 g/mol. The van der Waals surface area contributed by atoms with Crippen LogP contribution in [-0.4, -0.2) is 30.6 Å². The van der Waals surface area contributed by atoms with Crippen LogP contribution in [0.1, 0.15) is 48.1 Å². The van der Waals surface area contributed by atoms with Gasteiger partial charge in [0.05, 0.1) is 19.8 Å². The molecule has 0 N–H and O–H groups in total. The van der Waals surface area contributed by atoms with Crippen LogP contribution in [0.3, 0.4) is 0 Å². The van der Waals surface area contributed by atoms with Gasteiger partial charge in [-0.3, -0.25) is 4.79 Å². The van der Waals surface area contributed by atoms with Crippen LogP contribution in [0, 0.1) is 13.8 Å². The number of hydrogen-bond donors (Lipinski definition) is 0. The second kappa shape index (κ2) is 8.57. The summed E-state index contributed by atoms with van der Waals surface area (Å²) in [5.41, 5.74) is 4.78. The lowest BCUT2D eigenvalue weighted by Crippen LogP contribution is -2.38. The second-order valence-electron chi connectivity index (χ2n) is 7.34. The van der Waals surface area contributed by atoms with E-state index < -0.39 is 6.10 Å². The number of rotatable bonds is 6. The lowest BCUT2D eigenvalue weighted by atomic mass is 9.99. The first kappa shape index (κ1) is 19.4. The number of amides is 1. The van der Waals surface area contributed by atoms with Crippen molar-refractivity contribution in [1.82, 2.24) is 4.90 Å². The van der Waals surface area contributed by atoms with Crippen LogP contribution in [0.2, 0.25) is 0 Å². The predicted octanol–water partition coefficient (Wildman–Crippen LogP) is 4.58. The maximum Gasteiger partial charge on any atom is 0.251 e. The summed E-state index contributed by atoms with van der Waals surface area (Å²) in [4.78, 5) is 15.0. The first-order valence-electron chi connectivity index (χ1n) is 9.61. The SMILES string of the molecule is COc1cccc(COC(C)C(=O)N2CCCC2c2ccc(C)c(C)c2)c1. The van der Waals surface area contributed by atoms with E-state index in [1.165, 1.54) is 16.7 Å². The van der Waals surface area contributed by atoms with Crippen molar-refractivity contribution in [3.8, 4) is 5.75 Å². The number of carbonyl (C=O) groups is 1. The number of nitrogens with zero attached hydrogens (tertiary/aromatic N) is 1. The molecule has 1 aliphatic rings. The van der Waals surface area contributed by atoms with Gasteiger partial charge in [0.15, 0.2) is 0 Å². The Bertz CT molecular complexity index is 802. The quantitative estimate of drug-likeness (QED) is 0.750. The van der Waals surface area contributed by atoms with Crippen molar-refractivity contribution >= 4 is 5.91 Å². The highest BCUT2D eigenvalue weighted by Gasteiger charge is 2.32. The van der Waals surface area contributed by atoms with Gasteiger partial charge in [0.1, 0.15) is 11.9 Å². The van der Waals surface area contributed by atoms with Gasteiger partial charge in [-0.25, -0.2) is 0 Å². The number of likely N-dealkylation sites (tertiary alicyclic amines) is 1. The summed E-state index contributed by atoms with van der Waals surface area (Å²) in [7, 11) is 1.65. The molecule has 2 aromatic rings. The zero-order valence-electron chi connectivity index (χ0n) is 16.7. The maximum atomic E-state index is 13.0. The minimum atomic E-state index is -0.469. The third-order valence-electron chi connectivity index (χ3n) is 5.43. The van der Waals surface area contributed by atoms with Crippen molar-refractivity contribution in [3.63, 3.8) is 0 Å². The number of aryl methyl sites for hydroxylation is 2. The van der Waals surface area contributed by atoms with Gasteiger partial charge in [0.2, 0.25) is 0 Å². The molecule has 2 atom stereocenters. The average Bonchev–Trinajstić information content (AvgIpc) is 3.17. The van der Waals surface area contributed by atoms with E-state index in [2.05, 4.69) is 32.0 Å². The largest absolute Gasteiger partial charge is 0.497 e. The molecular weight excluding hydrogens is 338 g/mol. The van der Waals surface area contributed by atoms with Gasteiger partial charge in [0.25, 0.3) is 5.91 Å². The number of benzene rings is 2. The van der Waals surface area contributed by atoms with Gasteiger partial charge in [-0.05, 0) is 68.0 Å². The van der Waals surface area contributed by atoms with Crippen LogP contribution >= 0.6 is 0 Å². The third kappa shape index (κ3) is 4.51. The maximum absolute atomic E-state index is 13.0. The number of methoxy groups -OCH3 is 1. The highest BCUT2D eigenvalue weighted by atomic mass is 16.5. The van der Waals surface area contributed by atoms with E-state index in [1.54, 1.807) is 7.11 Å². The molecule has 0 saturated carbocycles. The van der Waals surface area contributed by atoms with Gasteiger partial charge in [-0.2, -0.15) is 0 Å². The minimum Gasteiger partial charge on any atom is -0.497 e. The first-order chi connectivity index (χ1) is 13.0. The van der Waals surface area contributed by atoms with E-state index in [0.29, 0.717) is 6.61 Å². The van der Waals surface area contributed by atoms with Crippen molar-refractivity contribution in [2.45, 2.75) is 52.4 Å². The van der Waals surface area contributed by atoms with E-state index in [4.69, 9.17) is 9.47 Å². The molecule has 0 aliphatic carbocycles. The number of carbonyl (C=O) groups excluding carboxylic acids is 1. The Morgan fingerprint density at radius 3 is 2.74 bits per heavy atom. The zero-order valence-corrected chi connectivity index (χ0v) is 16.7. The van der Waals surface area contributed by atoms with Crippen molar-refractivity contribution in [3.05, 3.63) is 64.7 Å². The van der Waals surface area contributed by atoms with Gasteiger partial charge in [0, 0.05) is 6.54 Å². The second-order valence-corrected chi connectivity index (χ2v) is 7.34. The molecular formula is C23H29NO3. The van der Waals surface area contributed by atoms with Crippen LogP contribution in [0.15, 0.2) is 42.5 Å². The highest BCUT2D eigenvalue weighted by molar-refractivity contribution is 5.81. The molecule has 2 unspecified atom stereocenters. The number of ether oxygens (including phenoxy) is 2. The lowest BCUT2D eigenvalue weighted by Gasteiger charge is -2.28. The topological polar surface area (TPSA) is 38.8 Å². The molecule has 0 bridgehead atoms. The van der Waals surface area contributed by atoms with E-state index in [-0.39, 0.29) is 11.9 Å². The molecule has 0 radical (unpaired) electrons. The Labute approximate surface area is 162 Å². The van der Waals surface area contributed by atoms with Crippen molar-refractivity contribution < 1.29 is 14.3 Å². The summed E-state index contributed by atoms with van der Waals surface area (Å²) in [6, 6.07) is 14.4. The van der Waals surface area contributed by atoms with E-state index >= 15 is 0 Å². The smallest absolute Gasteiger partial charge is 0.251 e. The Morgan fingerprint density at radius 2 is 2.00 bits per heavy atom. The molecule has 3 rings (SSSR count). The van der Waals surface area contributed by atoms with Gasteiger partial charge in [-0.1, -0.05) is 30.3 Å². The van der Waals surface area contributed by atoms with Crippen LogP contribution in [0.5, 0.6) is 5.75 Å². The van der Waals surface area contributed by atoms with Crippen molar-refractivity contribution in [2.75, 3.05) is 13.7 Å². The molecule has 1 amide bonds. The Morgan fingerprint density at radius 1 is 1.19 bits per heavy atom. The molecule has 0 aromatic heterocycles. The minimum absolute atomic E-state index is 0.0682. The summed E-state index contributed by atoms with van der Waals surface area (Å²) >= 11 is 0. The fourth-order valence-electron chi connectivity index (χ4n) is 3.64. The molecule has 27 heavy (non-hydrogen) atoms. The predicted molar refractivity (Wildman–Crippen MR) is 107 cm³/mol. The van der Waals surface area contributed by atoms with E-state index in [9.17, 15) is 4.79 Å². The summed E-state index contributed by atoms with van der Waals surface area (Å²) in [5, 5.41) is 0. The first-order valence-corrected chi connectivity index (χ1v) is 9.61. The van der Waals surface area contributed by atoms with Crippen LogP contribution in [0.4, 0.5) is 0 Å². The fourth-order valence-corrected chi connectivity index (χ4v) is 3.64. The Kier molecular flexibility index (Phi) is 6.17. The van der Waals surface area contributed by atoms with Crippen LogP contribution in [0.25, 0.3) is 0 Å². The Hall–Kier alpha value is -2.33. The summed E-state index contributed by atoms with van der Waals surface area (Å²) < 4.78 is 11.1. The summed E-state index contributed by atoms with van der Waals surface area (Å²) in [5.74, 6) is 0.864. The number of hydrogen-bond acceptors (Lipinski definition) is 3. The summed E-state index contributed by atoms with van der Waals surface area (Å²) in [6.07, 6.45) is 1.58. The van der Waals surface area contributed by atoms with E-state index in [1.807, 2.05) is 36.1 Å². The normalized spacial score (nSPS) is 17.8. The van der Waals surface area contributed by atoms with Crippen molar-refractivity contribution in [2.24, 2.45) is 0 Å². The van der Waals surface area contributed by atoms with Crippen LogP contribution in [-0.2, 0) is 16.1 Å². The van der Waals surface area contributed by atoms with Gasteiger partial charge >= 0.3 is 0 Å². The lowest BCUT2D eigenvalue weighted by molar-refractivity contribution is -0.144. The fraction of sp³-hybridized carbons (Fsp3) is 0.435. The van der Waals surface area contributed by atoms with Crippen LogP contribution < -0.4 is 4.74 Å². The molecule has 1 heterocycles. The summed E-state index contributed by atoms with van der Waals surface area (Å²) in [6.45, 7) is 7.28. The Balaban J connectivity index is 1.65. The van der Waals surface area contributed by atoms with E-state index in [0.717, 1.165) is 30.7 Å². The molecule has 144 valence electrons. The molecule has 1 saturated heterocycles. The van der Waals surface area contributed by atoms with Gasteiger partial charge < -0.3 is 14.4 Å². The highest BCUT2D eigenvalue weighted by Crippen LogP contribution is 2.33. The molecule has 1 aliphatic heterocycles. The molecule has 0 spiro atoms. The average molecular weight is 367 g/mol.